The molecule has 7 heteroatoms. The van der Waals surface area contributed by atoms with E-state index in [0.29, 0.717) is 6.61 Å². The Morgan fingerprint density at radius 1 is 0.654 bits per heavy atom. The fourth-order valence-corrected chi connectivity index (χ4v) is 5.37. The molecule has 3 heterocycles. The molecule has 3 saturated heterocycles. The van der Waals surface area contributed by atoms with Gasteiger partial charge in [-0.1, -0.05) is 12.8 Å². The van der Waals surface area contributed by atoms with Crippen LogP contribution in [-0.2, 0) is 23.7 Å². The van der Waals surface area contributed by atoms with Crippen LogP contribution in [0.25, 0.3) is 0 Å². The van der Waals surface area contributed by atoms with Crippen LogP contribution >= 0.6 is 0 Å². The average molecular weight is 370 g/mol. The van der Waals surface area contributed by atoms with Crippen LogP contribution in [0.15, 0.2) is 0 Å². The minimum Gasteiger partial charge on any atom is -0.385 e. The molecule has 0 radical (unpaired) electrons. The summed E-state index contributed by atoms with van der Waals surface area (Å²) in [6.07, 6.45) is 5.90. The van der Waals surface area contributed by atoms with E-state index < -0.39 is 42.3 Å². The first-order valence-electron chi connectivity index (χ1n) is 10.3. The highest BCUT2D eigenvalue weighted by Gasteiger charge is 2.60. The number of hydrogen-bond donors (Lipinski definition) is 2. The van der Waals surface area contributed by atoms with Gasteiger partial charge in [-0.25, -0.2) is 0 Å². The number of ether oxygens (including phenoxy) is 5. The van der Waals surface area contributed by atoms with Crippen molar-refractivity contribution in [2.75, 3.05) is 6.61 Å². The van der Waals surface area contributed by atoms with E-state index in [0.717, 1.165) is 51.4 Å². The van der Waals surface area contributed by atoms with Crippen molar-refractivity contribution in [3.8, 4) is 0 Å². The molecular formula is C19H30O7. The molecule has 3 aliphatic heterocycles. The third kappa shape index (κ3) is 2.92. The first-order valence-corrected chi connectivity index (χ1v) is 10.3. The summed E-state index contributed by atoms with van der Waals surface area (Å²) in [5.74, 6) is -1.16. The second-order valence-electron chi connectivity index (χ2n) is 8.56. The third-order valence-corrected chi connectivity index (χ3v) is 6.75. The number of aliphatic hydroxyl groups excluding tert-OH is 2. The molecule has 0 aromatic heterocycles. The summed E-state index contributed by atoms with van der Waals surface area (Å²) >= 11 is 0. The number of fused-ring (bicyclic) bond motifs is 1. The fraction of sp³-hybridized carbons (Fsp3) is 1.00. The minimum absolute atomic E-state index is 0.315. The van der Waals surface area contributed by atoms with E-state index in [4.69, 9.17) is 23.7 Å². The molecule has 0 aromatic carbocycles. The van der Waals surface area contributed by atoms with Crippen LogP contribution in [0.1, 0.15) is 64.2 Å². The third-order valence-electron chi connectivity index (χ3n) is 6.75. The Balaban J connectivity index is 1.35. The molecule has 5 fully saturated rings. The van der Waals surface area contributed by atoms with Crippen molar-refractivity contribution < 1.29 is 33.9 Å². The lowest BCUT2D eigenvalue weighted by atomic mass is 9.93. The predicted molar refractivity (Wildman–Crippen MR) is 89.1 cm³/mol. The average Bonchev–Trinajstić information content (AvgIpc) is 3.22. The summed E-state index contributed by atoms with van der Waals surface area (Å²) in [4.78, 5) is 0. The Bertz CT molecular complexity index is 514. The fourth-order valence-electron chi connectivity index (χ4n) is 5.37. The molecule has 6 atom stereocenters. The molecule has 5 rings (SSSR count). The summed E-state index contributed by atoms with van der Waals surface area (Å²) in [7, 11) is 0. The van der Waals surface area contributed by atoms with Crippen LogP contribution in [-0.4, -0.2) is 65.2 Å². The van der Waals surface area contributed by atoms with Gasteiger partial charge in [0, 0.05) is 25.7 Å². The zero-order chi connectivity index (χ0) is 17.8. The standard InChI is InChI=1S/C19H30O7/c20-13-15-16(26-19(25-15)9-5-2-6-10-19)14(23-17(13)21)12-11-22-18(24-12)7-3-1-4-8-18/h12-17,20-21H,1-11H2/t12-,13-,14+,15?,16-,17-/m1/s1. The second kappa shape index (κ2) is 6.65. The van der Waals surface area contributed by atoms with Crippen molar-refractivity contribution in [1.29, 1.82) is 0 Å². The van der Waals surface area contributed by atoms with E-state index in [2.05, 4.69) is 0 Å². The summed E-state index contributed by atoms with van der Waals surface area (Å²) in [5, 5.41) is 20.7. The maximum Gasteiger partial charge on any atom is 0.184 e. The lowest BCUT2D eigenvalue weighted by molar-refractivity contribution is -0.284. The van der Waals surface area contributed by atoms with Gasteiger partial charge >= 0.3 is 0 Å². The van der Waals surface area contributed by atoms with Crippen LogP contribution < -0.4 is 0 Å². The van der Waals surface area contributed by atoms with E-state index in [-0.39, 0.29) is 6.10 Å². The van der Waals surface area contributed by atoms with Crippen molar-refractivity contribution in [3.05, 3.63) is 0 Å². The molecular weight excluding hydrogens is 340 g/mol. The largest absolute Gasteiger partial charge is 0.385 e. The highest BCUT2D eigenvalue weighted by atomic mass is 16.8. The smallest absolute Gasteiger partial charge is 0.184 e. The number of aliphatic hydroxyl groups is 2. The van der Waals surface area contributed by atoms with Gasteiger partial charge < -0.3 is 33.9 Å². The van der Waals surface area contributed by atoms with E-state index >= 15 is 0 Å². The molecule has 1 unspecified atom stereocenters. The lowest BCUT2D eigenvalue weighted by Gasteiger charge is -2.40. The molecule has 0 aromatic rings. The van der Waals surface area contributed by atoms with Gasteiger partial charge in [0.1, 0.15) is 30.5 Å². The van der Waals surface area contributed by atoms with Crippen molar-refractivity contribution in [1.82, 2.24) is 0 Å². The number of hydrogen-bond acceptors (Lipinski definition) is 7. The SMILES string of the molecule is O[C@@H]1O[C@@H]([C@H]2COC3(CCCCC3)O2)[C@H]2OC3(CCCCC3)OC2[C@H]1O. The highest BCUT2D eigenvalue weighted by Crippen LogP contribution is 2.47. The first kappa shape index (κ1) is 17.8. The summed E-state index contributed by atoms with van der Waals surface area (Å²) in [6, 6.07) is 0. The van der Waals surface area contributed by atoms with Crippen molar-refractivity contribution in [2.45, 2.75) is 113 Å². The molecule has 2 aliphatic carbocycles. The predicted octanol–water partition coefficient (Wildman–Crippen LogP) is 1.58. The van der Waals surface area contributed by atoms with E-state index in [1.807, 2.05) is 0 Å². The molecule has 2 saturated carbocycles. The number of rotatable bonds is 1. The van der Waals surface area contributed by atoms with Crippen molar-refractivity contribution in [3.63, 3.8) is 0 Å². The molecule has 0 amide bonds. The zero-order valence-corrected chi connectivity index (χ0v) is 15.2. The van der Waals surface area contributed by atoms with Crippen LogP contribution in [0.2, 0.25) is 0 Å². The van der Waals surface area contributed by atoms with E-state index in [1.165, 1.54) is 12.8 Å². The molecule has 148 valence electrons. The highest BCUT2D eigenvalue weighted by molar-refractivity contribution is 5.02. The Hall–Kier alpha value is -0.280. The van der Waals surface area contributed by atoms with Crippen LogP contribution in [0.3, 0.4) is 0 Å². The first-order chi connectivity index (χ1) is 12.6. The van der Waals surface area contributed by atoms with Gasteiger partial charge in [-0.3, -0.25) is 0 Å². The van der Waals surface area contributed by atoms with Crippen LogP contribution in [0, 0.1) is 0 Å². The Kier molecular flexibility index (Phi) is 4.55. The normalized spacial score (nSPS) is 47.3. The monoisotopic (exact) mass is 370 g/mol. The molecule has 5 aliphatic rings. The minimum atomic E-state index is -1.30. The molecule has 2 N–H and O–H groups in total. The Morgan fingerprint density at radius 2 is 1.27 bits per heavy atom. The second-order valence-corrected chi connectivity index (χ2v) is 8.56. The van der Waals surface area contributed by atoms with Crippen molar-refractivity contribution in [2.24, 2.45) is 0 Å². The van der Waals surface area contributed by atoms with Crippen molar-refractivity contribution >= 4 is 0 Å². The lowest BCUT2D eigenvalue weighted by Crippen LogP contribution is -2.60. The Labute approximate surface area is 153 Å². The van der Waals surface area contributed by atoms with E-state index in [1.54, 1.807) is 0 Å². The molecule has 7 nitrogen and oxygen atoms in total. The van der Waals surface area contributed by atoms with Gasteiger partial charge in [0.15, 0.2) is 17.9 Å². The zero-order valence-electron chi connectivity index (χ0n) is 15.2. The van der Waals surface area contributed by atoms with Crippen LogP contribution in [0.5, 0.6) is 0 Å². The summed E-state index contributed by atoms with van der Waals surface area (Å²) in [5.41, 5.74) is 0. The summed E-state index contributed by atoms with van der Waals surface area (Å²) in [6.45, 7) is 0.424. The van der Waals surface area contributed by atoms with E-state index in [9.17, 15) is 10.2 Å². The molecule has 2 spiro atoms. The van der Waals surface area contributed by atoms with Gasteiger partial charge in [0.2, 0.25) is 0 Å². The van der Waals surface area contributed by atoms with Gasteiger partial charge in [0.05, 0.1) is 6.61 Å². The van der Waals surface area contributed by atoms with Gasteiger partial charge in [-0.05, 0) is 25.7 Å². The van der Waals surface area contributed by atoms with Gasteiger partial charge in [0.25, 0.3) is 0 Å². The molecule has 0 bridgehead atoms. The summed E-state index contributed by atoms with van der Waals surface area (Å²) < 4.78 is 30.7. The maximum atomic E-state index is 10.4. The quantitative estimate of drug-likeness (QED) is 0.725. The Morgan fingerprint density at radius 3 is 1.96 bits per heavy atom. The van der Waals surface area contributed by atoms with Crippen LogP contribution in [0.4, 0.5) is 0 Å². The topological polar surface area (TPSA) is 86.6 Å². The van der Waals surface area contributed by atoms with Gasteiger partial charge in [-0.15, -0.1) is 0 Å². The molecule has 26 heavy (non-hydrogen) atoms. The maximum absolute atomic E-state index is 10.4. The van der Waals surface area contributed by atoms with Gasteiger partial charge in [-0.2, -0.15) is 0 Å².